The molecule has 0 amide bonds. The quantitative estimate of drug-likeness (QED) is 0.841. The molecule has 2 N–H and O–H groups in total. The average molecular weight is 294 g/mol. The minimum atomic E-state index is 0.399. The summed E-state index contributed by atoms with van der Waals surface area (Å²) in [5.41, 5.74) is 7.73. The van der Waals surface area contributed by atoms with E-state index in [0.717, 1.165) is 49.4 Å². The van der Waals surface area contributed by atoms with E-state index in [1.807, 2.05) is 18.2 Å². The van der Waals surface area contributed by atoms with Gasteiger partial charge in [-0.25, -0.2) is 0 Å². The molecule has 1 aliphatic heterocycles. The Morgan fingerprint density at radius 1 is 1.35 bits per heavy atom. The predicted molar refractivity (Wildman–Crippen MR) is 84.2 cm³/mol. The van der Waals surface area contributed by atoms with Crippen LogP contribution in [0, 0.1) is 0 Å². The zero-order valence-corrected chi connectivity index (χ0v) is 12.9. The number of hydrogen-bond donors (Lipinski definition) is 1. The van der Waals surface area contributed by atoms with Gasteiger partial charge in [0.2, 0.25) is 0 Å². The Bertz CT molecular complexity index is 471. The molecule has 0 spiro atoms. The van der Waals surface area contributed by atoms with Gasteiger partial charge in [-0.05, 0) is 31.0 Å². The van der Waals surface area contributed by atoms with Gasteiger partial charge in [0.1, 0.15) is 10.7 Å². The standard InChI is InChI=1S/C15H22N2O2S/c1-18-13-5-7-17(8-6-13)10-12-9-11(15(16)20)3-4-14(12)19-2/h3-4,9,13H,5-8,10H2,1-2H3,(H2,16,20). The van der Waals surface area contributed by atoms with Gasteiger partial charge in [0.15, 0.2) is 0 Å². The number of thiocarbonyl (C=S) groups is 1. The second-order valence-corrected chi connectivity index (χ2v) is 5.54. The van der Waals surface area contributed by atoms with Crippen LogP contribution in [0.3, 0.4) is 0 Å². The van der Waals surface area contributed by atoms with E-state index < -0.39 is 0 Å². The number of nitrogens with two attached hydrogens (primary N) is 1. The first-order valence-corrected chi connectivity index (χ1v) is 7.26. The van der Waals surface area contributed by atoms with Crippen LogP contribution in [0.1, 0.15) is 24.0 Å². The molecule has 0 radical (unpaired) electrons. The lowest BCUT2D eigenvalue weighted by Gasteiger charge is -2.31. The Morgan fingerprint density at radius 2 is 2.05 bits per heavy atom. The van der Waals surface area contributed by atoms with Gasteiger partial charge in [-0.1, -0.05) is 12.2 Å². The Balaban J connectivity index is 2.08. The van der Waals surface area contributed by atoms with Gasteiger partial charge in [0, 0.05) is 37.9 Å². The summed E-state index contributed by atoms with van der Waals surface area (Å²) in [6.07, 6.45) is 2.55. The number of nitrogens with zero attached hydrogens (tertiary/aromatic N) is 1. The molecule has 0 aliphatic carbocycles. The van der Waals surface area contributed by atoms with Gasteiger partial charge in [0.25, 0.3) is 0 Å². The number of ether oxygens (including phenoxy) is 2. The van der Waals surface area contributed by atoms with E-state index >= 15 is 0 Å². The van der Waals surface area contributed by atoms with E-state index in [-0.39, 0.29) is 0 Å². The van der Waals surface area contributed by atoms with Crippen LogP contribution in [0.15, 0.2) is 18.2 Å². The summed E-state index contributed by atoms with van der Waals surface area (Å²) in [6.45, 7) is 2.94. The molecule has 1 saturated heterocycles. The van der Waals surface area contributed by atoms with Gasteiger partial charge >= 0.3 is 0 Å². The van der Waals surface area contributed by atoms with Gasteiger partial charge < -0.3 is 15.2 Å². The van der Waals surface area contributed by atoms with Crippen molar-refractivity contribution in [1.82, 2.24) is 4.90 Å². The molecule has 0 atom stereocenters. The largest absolute Gasteiger partial charge is 0.496 e. The number of methoxy groups -OCH3 is 2. The topological polar surface area (TPSA) is 47.7 Å². The minimum Gasteiger partial charge on any atom is -0.496 e. The second kappa shape index (κ2) is 7.02. The van der Waals surface area contributed by atoms with Crippen molar-refractivity contribution < 1.29 is 9.47 Å². The maximum atomic E-state index is 5.70. The summed E-state index contributed by atoms with van der Waals surface area (Å²) in [6, 6.07) is 5.87. The van der Waals surface area contributed by atoms with Crippen LogP contribution in [0.25, 0.3) is 0 Å². The lowest BCUT2D eigenvalue weighted by molar-refractivity contribution is 0.0387. The highest BCUT2D eigenvalue weighted by Gasteiger charge is 2.19. The molecule has 110 valence electrons. The Hall–Kier alpha value is -1.17. The van der Waals surface area contributed by atoms with Crippen LogP contribution >= 0.6 is 12.2 Å². The summed E-state index contributed by atoms with van der Waals surface area (Å²) in [5.74, 6) is 0.888. The molecular weight excluding hydrogens is 272 g/mol. The molecule has 0 unspecified atom stereocenters. The highest BCUT2D eigenvalue weighted by Crippen LogP contribution is 2.23. The number of benzene rings is 1. The highest BCUT2D eigenvalue weighted by atomic mass is 32.1. The molecule has 1 fully saturated rings. The summed E-state index contributed by atoms with van der Waals surface area (Å²) < 4.78 is 10.8. The second-order valence-electron chi connectivity index (χ2n) is 5.10. The van der Waals surface area contributed by atoms with E-state index in [9.17, 15) is 0 Å². The summed E-state index contributed by atoms with van der Waals surface area (Å²) in [5, 5.41) is 0. The Kier molecular flexibility index (Phi) is 5.34. The molecule has 1 heterocycles. The molecule has 5 heteroatoms. The van der Waals surface area contributed by atoms with Crippen LogP contribution in [-0.2, 0) is 11.3 Å². The molecule has 1 aliphatic rings. The SMILES string of the molecule is COc1ccc(C(N)=S)cc1CN1CCC(OC)CC1. The fourth-order valence-electron chi connectivity index (χ4n) is 2.60. The van der Waals surface area contributed by atoms with Crippen LogP contribution in [0.5, 0.6) is 5.75 Å². The van der Waals surface area contributed by atoms with Crippen LogP contribution in [0.2, 0.25) is 0 Å². The monoisotopic (exact) mass is 294 g/mol. The van der Waals surface area contributed by atoms with Crippen molar-refractivity contribution in [3.63, 3.8) is 0 Å². The zero-order chi connectivity index (χ0) is 14.5. The maximum absolute atomic E-state index is 5.70. The number of piperidine rings is 1. The van der Waals surface area contributed by atoms with Crippen molar-refractivity contribution in [1.29, 1.82) is 0 Å². The first kappa shape index (κ1) is 15.2. The number of rotatable bonds is 5. The summed E-state index contributed by atoms with van der Waals surface area (Å²) in [7, 11) is 3.48. The van der Waals surface area contributed by atoms with Crippen molar-refractivity contribution in [2.45, 2.75) is 25.5 Å². The lowest BCUT2D eigenvalue weighted by atomic mass is 10.0. The molecule has 2 rings (SSSR count). The van der Waals surface area contributed by atoms with Crippen molar-refractivity contribution in [3.8, 4) is 5.75 Å². The van der Waals surface area contributed by atoms with E-state index in [4.69, 9.17) is 27.4 Å². The van der Waals surface area contributed by atoms with Crippen molar-refractivity contribution in [2.75, 3.05) is 27.3 Å². The predicted octanol–water partition coefficient (Wildman–Crippen LogP) is 1.94. The van der Waals surface area contributed by atoms with Gasteiger partial charge in [-0.2, -0.15) is 0 Å². The van der Waals surface area contributed by atoms with E-state index in [0.29, 0.717) is 11.1 Å². The van der Waals surface area contributed by atoms with Crippen LogP contribution in [-0.4, -0.2) is 43.3 Å². The average Bonchev–Trinajstić information content (AvgIpc) is 2.48. The smallest absolute Gasteiger partial charge is 0.123 e. The molecule has 20 heavy (non-hydrogen) atoms. The summed E-state index contributed by atoms with van der Waals surface area (Å²) >= 11 is 5.04. The van der Waals surface area contributed by atoms with E-state index in [1.165, 1.54) is 0 Å². The van der Waals surface area contributed by atoms with Gasteiger partial charge in [-0.15, -0.1) is 0 Å². The van der Waals surface area contributed by atoms with Crippen molar-refractivity contribution in [3.05, 3.63) is 29.3 Å². The van der Waals surface area contributed by atoms with E-state index in [1.54, 1.807) is 14.2 Å². The fourth-order valence-corrected chi connectivity index (χ4v) is 2.73. The highest BCUT2D eigenvalue weighted by molar-refractivity contribution is 7.80. The molecule has 1 aromatic carbocycles. The first-order chi connectivity index (χ1) is 9.63. The minimum absolute atomic E-state index is 0.399. The van der Waals surface area contributed by atoms with Crippen LogP contribution in [0.4, 0.5) is 0 Å². The van der Waals surface area contributed by atoms with Gasteiger partial charge in [-0.3, -0.25) is 4.90 Å². The molecule has 1 aromatic rings. The molecule has 0 bridgehead atoms. The fraction of sp³-hybridized carbons (Fsp3) is 0.533. The van der Waals surface area contributed by atoms with E-state index in [2.05, 4.69) is 4.90 Å². The third-order valence-corrected chi connectivity index (χ3v) is 4.06. The normalized spacial score (nSPS) is 17.1. The lowest BCUT2D eigenvalue weighted by Crippen LogP contribution is -2.36. The zero-order valence-electron chi connectivity index (χ0n) is 12.1. The number of hydrogen-bond acceptors (Lipinski definition) is 4. The Morgan fingerprint density at radius 3 is 2.60 bits per heavy atom. The molecule has 4 nitrogen and oxygen atoms in total. The molecule has 0 aromatic heterocycles. The summed E-state index contributed by atoms with van der Waals surface area (Å²) in [4.78, 5) is 2.84. The molecule has 0 saturated carbocycles. The first-order valence-electron chi connectivity index (χ1n) is 6.86. The van der Waals surface area contributed by atoms with Crippen LogP contribution < -0.4 is 10.5 Å². The number of likely N-dealkylation sites (tertiary alicyclic amines) is 1. The molecular formula is C15H22N2O2S. The third-order valence-electron chi connectivity index (χ3n) is 3.83. The Labute approximate surface area is 125 Å². The van der Waals surface area contributed by atoms with Crippen molar-refractivity contribution >= 4 is 17.2 Å². The third kappa shape index (κ3) is 3.69. The van der Waals surface area contributed by atoms with Crippen molar-refractivity contribution in [2.24, 2.45) is 5.73 Å². The van der Waals surface area contributed by atoms with Gasteiger partial charge in [0.05, 0.1) is 13.2 Å². The maximum Gasteiger partial charge on any atom is 0.123 e.